The van der Waals surface area contributed by atoms with E-state index in [1.54, 1.807) is 35.3 Å². The number of nitrogens with one attached hydrogen (secondary N) is 1. The minimum Gasteiger partial charge on any atom is -0.472 e. The number of furan rings is 1. The summed E-state index contributed by atoms with van der Waals surface area (Å²) in [5.74, 6) is 0.224. The molecule has 2 amide bonds. The van der Waals surface area contributed by atoms with Crippen molar-refractivity contribution < 1.29 is 14.0 Å². The van der Waals surface area contributed by atoms with E-state index >= 15 is 0 Å². The molecule has 5 nitrogen and oxygen atoms in total. The van der Waals surface area contributed by atoms with E-state index in [2.05, 4.69) is 5.32 Å². The maximum absolute atomic E-state index is 13.2. The third kappa shape index (κ3) is 3.59. The summed E-state index contributed by atoms with van der Waals surface area (Å²) < 4.78 is 5.21. The third-order valence-electron chi connectivity index (χ3n) is 4.87. The minimum absolute atomic E-state index is 0.133. The van der Waals surface area contributed by atoms with Crippen LogP contribution >= 0.6 is 23.1 Å². The molecule has 0 unspecified atom stereocenters. The van der Waals surface area contributed by atoms with Gasteiger partial charge in [0.2, 0.25) is 5.91 Å². The molecule has 2 aromatic heterocycles. The van der Waals surface area contributed by atoms with Crippen molar-refractivity contribution >= 4 is 40.6 Å². The number of hydrogen-bond acceptors (Lipinski definition) is 5. The van der Waals surface area contributed by atoms with Gasteiger partial charge in [-0.1, -0.05) is 12.1 Å². The van der Waals surface area contributed by atoms with E-state index in [9.17, 15) is 9.59 Å². The molecule has 7 heteroatoms. The summed E-state index contributed by atoms with van der Waals surface area (Å²) in [6.45, 7) is 4.05. The molecule has 1 aliphatic heterocycles. The zero-order valence-corrected chi connectivity index (χ0v) is 17.2. The number of aryl methyl sites for hydroxylation is 2. The third-order valence-corrected chi connectivity index (χ3v) is 7.05. The smallest absolute Gasteiger partial charge is 0.265 e. The number of hydrogen-bond donors (Lipinski definition) is 1. The second-order valence-corrected chi connectivity index (χ2v) is 8.80. The van der Waals surface area contributed by atoms with E-state index in [-0.39, 0.29) is 17.2 Å². The summed E-state index contributed by atoms with van der Waals surface area (Å²) in [4.78, 5) is 28.6. The molecular weight excluding hydrogens is 392 g/mol. The molecule has 2 atom stereocenters. The van der Waals surface area contributed by atoms with Gasteiger partial charge in [-0.3, -0.25) is 9.59 Å². The van der Waals surface area contributed by atoms with E-state index in [1.165, 1.54) is 16.9 Å². The first-order chi connectivity index (χ1) is 13.5. The van der Waals surface area contributed by atoms with Crippen molar-refractivity contribution in [3.8, 4) is 0 Å². The second kappa shape index (κ2) is 7.85. The molecule has 0 saturated carbocycles. The predicted octanol–water partition coefficient (Wildman–Crippen LogP) is 4.85. The molecule has 1 aromatic carbocycles. The zero-order chi connectivity index (χ0) is 19.7. The Morgan fingerprint density at radius 1 is 1.18 bits per heavy atom. The van der Waals surface area contributed by atoms with Crippen LogP contribution in [0.5, 0.6) is 0 Å². The van der Waals surface area contributed by atoms with Crippen LogP contribution in [0.15, 0.2) is 58.7 Å². The average molecular weight is 413 g/mol. The normalized spacial score (nSPS) is 19.0. The molecular formula is C21H20N2O3S2. The number of carbonyl (C=O) groups excluding carboxylic acids is 2. The number of rotatable bonds is 4. The number of carbonyl (C=O) groups is 2. The molecule has 1 aliphatic rings. The molecule has 1 saturated heterocycles. The predicted molar refractivity (Wildman–Crippen MR) is 113 cm³/mol. The lowest BCUT2D eigenvalue weighted by Crippen LogP contribution is -2.45. The van der Waals surface area contributed by atoms with E-state index in [4.69, 9.17) is 4.42 Å². The molecule has 0 radical (unpaired) electrons. The Labute approximate surface area is 171 Å². The summed E-state index contributed by atoms with van der Waals surface area (Å²) in [7, 11) is 0. The average Bonchev–Trinajstić information content (AvgIpc) is 3.44. The maximum atomic E-state index is 13.2. The van der Waals surface area contributed by atoms with Crippen molar-refractivity contribution in [2.24, 2.45) is 0 Å². The van der Waals surface area contributed by atoms with Crippen LogP contribution in [0.2, 0.25) is 0 Å². The van der Waals surface area contributed by atoms with E-state index in [0.717, 1.165) is 16.8 Å². The molecule has 0 aliphatic carbocycles. The lowest BCUT2D eigenvalue weighted by molar-refractivity contribution is -0.119. The molecule has 4 rings (SSSR count). The fourth-order valence-corrected chi connectivity index (χ4v) is 5.27. The van der Waals surface area contributed by atoms with Gasteiger partial charge in [-0.05, 0) is 54.6 Å². The lowest BCUT2D eigenvalue weighted by Gasteiger charge is -2.28. The molecule has 0 bridgehead atoms. The van der Waals surface area contributed by atoms with Crippen molar-refractivity contribution in [1.29, 1.82) is 0 Å². The van der Waals surface area contributed by atoms with Crippen LogP contribution in [-0.2, 0) is 4.79 Å². The lowest BCUT2D eigenvalue weighted by atomic mass is 10.1. The highest BCUT2D eigenvalue weighted by atomic mass is 32.2. The van der Waals surface area contributed by atoms with Crippen molar-refractivity contribution in [3.63, 3.8) is 0 Å². The largest absolute Gasteiger partial charge is 0.472 e. The fraction of sp³-hybridized carbons (Fsp3) is 0.238. The van der Waals surface area contributed by atoms with Gasteiger partial charge in [0.15, 0.2) is 0 Å². The van der Waals surface area contributed by atoms with E-state index < -0.39 is 6.04 Å². The Morgan fingerprint density at radius 3 is 2.71 bits per heavy atom. The SMILES string of the molecule is Cc1ccc(NC(=O)[C@@H]2CS[C@H](c3ccoc3)N2C(=O)c2cccs2)cc1C. The van der Waals surface area contributed by atoms with E-state index in [1.807, 2.05) is 49.6 Å². The van der Waals surface area contributed by atoms with E-state index in [0.29, 0.717) is 10.6 Å². The number of amides is 2. The molecule has 28 heavy (non-hydrogen) atoms. The Kier molecular flexibility index (Phi) is 5.28. The highest BCUT2D eigenvalue weighted by Gasteiger charge is 2.43. The molecule has 3 aromatic rings. The van der Waals surface area contributed by atoms with Gasteiger partial charge in [0.25, 0.3) is 5.91 Å². The molecule has 1 N–H and O–H groups in total. The summed E-state index contributed by atoms with van der Waals surface area (Å²) >= 11 is 2.96. The highest BCUT2D eigenvalue weighted by Crippen LogP contribution is 2.43. The molecule has 3 heterocycles. The van der Waals surface area contributed by atoms with Crippen LogP contribution in [0.4, 0.5) is 5.69 Å². The Morgan fingerprint density at radius 2 is 2.04 bits per heavy atom. The van der Waals surface area contributed by atoms with Crippen molar-refractivity contribution in [3.05, 3.63) is 75.9 Å². The quantitative estimate of drug-likeness (QED) is 0.665. The number of anilines is 1. The zero-order valence-electron chi connectivity index (χ0n) is 15.5. The number of nitrogens with zero attached hydrogens (tertiary/aromatic N) is 1. The van der Waals surface area contributed by atoms with Gasteiger partial charge in [0.05, 0.1) is 17.4 Å². The Bertz CT molecular complexity index is 983. The van der Waals surface area contributed by atoms with Gasteiger partial charge in [-0.2, -0.15) is 0 Å². The Hall–Kier alpha value is -2.51. The van der Waals surface area contributed by atoms with Crippen molar-refractivity contribution in [2.75, 3.05) is 11.1 Å². The monoisotopic (exact) mass is 412 g/mol. The summed E-state index contributed by atoms with van der Waals surface area (Å²) in [6.07, 6.45) is 3.22. The van der Waals surface area contributed by atoms with Crippen LogP contribution in [-0.4, -0.2) is 28.5 Å². The minimum atomic E-state index is -0.555. The summed E-state index contributed by atoms with van der Waals surface area (Å²) in [5, 5.41) is 4.60. The summed E-state index contributed by atoms with van der Waals surface area (Å²) in [5.41, 5.74) is 3.91. The van der Waals surface area contributed by atoms with Crippen molar-refractivity contribution in [1.82, 2.24) is 4.90 Å². The first kappa shape index (κ1) is 18.8. The van der Waals surface area contributed by atoms with Gasteiger partial charge in [-0.25, -0.2) is 0 Å². The van der Waals surface area contributed by atoms with Gasteiger partial charge in [0.1, 0.15) is 11.4 Å². The second-order valence-electron chi connectivity index (χ2n) is 6.74. The fourth-order valence-electron chi connectivity index (χ4n) is 3.20. The van der Waals surface area contributed by atoms with Crippen molar-refractivity contribution in [2.45, 2.75) is 25.3 Å². The summed E-state index contributed by atoms with van der Waals surface area (Å²) in [6, 6.07) is 10.8. The Balaban J connectivity index is 1.61. The van der Waals surface area contributed by atoms with Gasteiger partial charge < -0.3 is 14.6 Å². The highest BCUT2D eigenvalue weighted by molar-refractivity contribution is 7.99. The number of thiophene rings is 1. The van der Waals surface area contributed by atoms with Crippen LogP contribution < -0.4 is 5.32 Å². The number of thioether (sulfide) groups is 1. The molecule has 0 spiro atoms. The molecule has 1 fully saturated rings. The van der Waals surface area contributed by atoms with Crippen LogP contribution in [0, 0.1) is 13.8 Å². The van der Waals surface area contributed by atoms with Crippen LogP contribution in [0.3, 0.4) is 0 Å². The topological polar surface area (TPSA) is 62.6 Å². The maximum Gasteiger partial charge on any atom is 0.265 e. The van der Waals surface area contributed by atoms with Gasteiger partial charge in [-0.15, -0.1) is 23.1 Å². The number of benzene rings is 1. The first-order valence-electron chi connectivity index (χ1n) is 8.92. The van der Waals surface area contributed by atoms with Gasteiger partial charge in [0, 0.05) is 17.0 Å². The standard InChI is InChI=1S/C21H20N2O3S2/c1-13-5-6-16(10-14(13)2)22-19(24)17-12-28-21(15-7-8-26-11-15)23(17)20(25)18-4-3-9-27-18/h3-11,17,21H,12H2,1-2H3,(H,22,24)/t17-,21+/m0/s1. The van der Waals surface area contributed by atoms with Gasteiger partial charge >= 0.3 is 0 Å². The molecule has 144 valence electrons. The first-order valence-corrected chi connectivity index (χ1v) is 10.9. The van der Waals surface area contributed by atoms with Crippen LogP contribution in [0.1, 0.15) is 31.7 Å². The van der Waals surface area contributed by atoms with Crippen LogP contribution in [0.25, 0.3) is 0 Å².